The maximum atomic E-state index is 13.7. The maximum Gasteiger partial charge on any atom is 0.260 e. The molecule has 0 aliphatic heterocycles. The summed E-state index contributed by atoms with van der Waals surface area (Å²) in [5, 5.41) is 0.992. The second kappa shape index (κ2) is 15.1. The highest BCUT2D eigenvalue weighted by molar-refractivity contribution is 7.89. The molecule has 0 radical (unpaired) electrons. The molecule has 14 heteroatoms. The number of nitrogens with zero attached hydrogens (tertiary/aromatic N) is 4. The summed E-state index contributed by atoms with van der Waals surface area (Å²) in [5.41, 5.74) is 0.914. The summed E-state index contributed by atoms with van der Waals surface area (Å²) in [5.74, 6) is 0.258. The van der Waals surface area contributed by atoms with E-state index >= 15 is 0 Å². The number of anilines is 1. The standard InChI is InChI=1S/C25H33ClN4O6S2.ClH/c1-28(2)12-13-30(25-27-22-21(36-5)11-10-20(26)23(22)37-25)24(31)18-6-8-19(9-7-18)38(32,33)29(14-16-34-3)15-17-35-4;/h6-11H,12-17H2,1-5H3;1H. The molecule has 3 aromatic rings. The van der Waals surface area contributed by atoms with E-state index in [1.54, 1.807) is 24.1 Å². The number of likely N-dealkylation sites (N-methyl/N-ethyl adjacent to an activating group) is 1. The minimum Gasteiger partial charge on any atom is -0.494 e. The molecule has 1 amide bonds. The van der Waals surface area contributed by atoms with Gasteiger partial charge in [-0.2, -0.15) is 4.31 Å². The van der Waals surface area contributed by atoms with E-state index < -0.39 is 10.0 Å². The number of fused-ring (bicyclic) bond motifs is 1. The van der Waals surface area contributed by atoms with Gasteiger partial charge in [-0.05, 0) is 50.5 Å². The topological polar surface area (TPSA) is 102 Å². The van der Waals surface area contributed by atoms with E-state index in [0.717, 1.165) is 4.70 Å². The van der Waals surface area contributed by atoms with Gasteiger partial charge in [0.05, 0.1) is 34.9 Å². The minimum atomic E-state index is -3.81. The number of ether oxygens (including phenoxy) is 3. The van der Waals surface area contributed by atoms with Crippen LogP contribution in [0.15, 0.2) is 41.3 Å². The van der Waals surface area contributed by atoms with Crippen molar-refractivity contribution < 1.29 is 27.4 Å². The van der Waals surface area contributed by atoms with Crippen LogP contribution in [0.2, 0.25) is 5.02 Å². The van der Waals surface area contributed by atoms with Crippen LogP contribution in [0.4, 0.5) is 5.13 Å². The van der Waals surface area contributed by atoms with E-state index in [1.807, 2.05) is 19.0 Å². The van der Waals surface area contributed by atoms with Crippen molar-refractivity contribution in [3.8, 4) is 5.75 Å². The van der Waals surface area contributed by atoms with Gasteiger partial charge in [0.2, 0.25) is 10.0 Å². The number of methoxy groups -OCH3 is 3. The number of carbonyl (C=O) groups is 1. The average Bonchev–Trinajstić information content (AvgIpc) is 3.35. The molecule has 10 nitrogen and oxygen atoms in total. The van der Waals surface area contributed by atoms with Gasteiger partial charge in [0.25, 0.3) is 5.91 Å². The number of rotatable bonds is 14. The van der Waals surface area contributed by atoms with Crippen molar-refractivity contribution in [1.29, 1.82) is 0 Å². The van der Waals surface area contributed by atoms with Gasteiger partial charge < -0.3 is 19.1 Å². The fraction of sp³-hybridized carbons (Fsp3) is 0.440. The summed E-state index contributed by atoms with van der Waals surface area (Å²) in [6, 6.07) is 9.39. The Bertz CT molecular complexity index is 1330. The lowest BCUT2D eigenvalue weighted by atomic mass is 10.2. The third-order valence-electron chi connectivity index (χ3n) is 5.74. The number of amides is 1. The third-order valence-corrected chi connectivity index (χ3v) is 9.19. The van der Waals surface area contributed by atoms with E-state index in [2.05, 4.69) is 4.98 Å². The third kappa shape index (κ3) is 8.01. The fourth-order valence-electron chi connectivity index (χ4n) is 3.62. The quantitative estimate of drug-likeness (QED) is 0.268. The van der Waals surface area contributed by atoms with Gasteiger partial charge in [-0.25, -0.2) is 13.4 Å². The van der Waals surface area contributed by atoms with Gasteiger partial charge in [0, 0.05) is 46.0 Å². The number of hydrogen-bond acceptors (Lipinski definition) is 9. The Morgan fingerprint density at radius 1 is 0.949 bits per heavy atom. The lowest BCUT2D eigenvalue weighted by Gasteiger charge is -2.23. The van der Waals surface area contributed by atoms with Crippen LogP contribution in [0.5, 0.6) is 5.75 Å². The second-order valence-corrected chi connectivity index (χ2v) is 11.9. The van der Waals surface area contributed by atoms with E-state index in [4.69, 9.17) is 25.8 Å². The first-order valence-corrected chi connectivity index (χ1v) is 14.4. The summed E-state index contributed by atoms with van der Waals surface area (Å²) in [4.78, 5) is 22.0. The molecular weight excluding hydrogens is 587 g/mol. The molecule has 0 aliphatic carbocycles. The predicted octanol–water partition coefficient (Wildman–Crippen LogP) is 3.87. The van der Waals surface area contributed by atoms with Crippen molar-refractivity contribution in [3.05, 3.63) is 47.0 Å². The van der Waals surface area contributed by atoms with Gasteiger partial charge >= 0.3 is 0 Å². The van der Waals surface area contributed by atoms with Crippen LogP contribution in [0.3, 0.4) is 0 Å². The van der Waals surface area contributed by atoms with Crippen LogP contribution in [0, 0.1) is 0 Å². The van der Waals surface area contributed by atoms with Crippen LogP contribution in [-0.4, -0.2) is 103 Å². The summed E-state index contributed by atoms with van der Waals surface area (Å²) in [7, 11) is 4.60. The van der Waals surface area contributed by atoms with Gasteiger partial charge in [0.15, 0.2) is 5.13 Å². The number of aromatic nitrogens is 1. The van der Waals surface area contributed by atoms with Gasteiger partial charge in [-0.3, -0.25) is 9.69 Å². The van der Waals surface area contributed by atoms with E-state index in [9.17, 15) is 13.2 Å². The Hall–Kier alpha value is -2.03. The molecule has 0 N–H and O–H groups in total. The van der Waals surface area contributed by atoms with Crippen molar-refractivity contribution in [2.24, 2.45) is 0 Å². The molecule has 0 atom stereocenters. The minimum absolute atomic E-state index is 0. The van der Waals surface area contributed by atoms with Crippen molar-refractivity contribution in [2.75, 3.05) is 79.7 Å². The number of thiazole rings is 1. The molecule has 0 saturated heterocycles. The molecule has 0 saturated carbocycles. The van der Waals surface area contributed by atoms with Crippen molar-refractivity contribution in [2.45, 2.75) is 4.90 Å². The number of hydrogen-bond donors (Lipinski definition) is 0. The first kappa shape index (κ1) is 33.2. The molecule has 39 heavy (non-hydrogen) atoms. The van der Waals surface area contributed by atoms with Gasteiger partial charge in [-0.15, -0.1) is 12.4 Å². The molecule has 0 fully saturated rings. The van der Waals surface area contributed by atoms with Crippen molar-refractivity contribution in [3.63, 3.8) is 0 Å². The van der Waals surface area contributed by atoms with E-state index in [0.29, 0.717) is 40.1 Å². The van der Waals surface area contributed by atoms with E-state index in [1.165, 1.54) is 54.1 Å². The van der Waals surface area contributed by atoms with Crippen LogP contribution in [-0.2, 0) is 19.5 Å². The summed E-state index contributed by atoms with van der Waals surface area (Å²) >= 11 is 7.70. The predicted molar refractivity (Wildman–Crippen MR) is 158 cm³/mol. The number of carbonyl (C=O) groups excluding carboxylic acids is 1. The number of sulfonamides is 1. The van der Waals surface area contributed by atoms with Gasteiger partial charge in [0.1, 0.15) is 11.3 Å². The monoisotopic (exact) mass is 620 g/mol. The molecule has 1 heterocycles. The van der Waals surface area contributed by atoms with Crippen molar-refractivity contribution >= 4 is 66.6 Å². The molecule has 1 aromatic heterocycles. The summed E-state index contributed by atoms with van der Waals surface area (Å²) < 4.78 is 44.0. The molecule has 0 unspecified atom stereocenters. The smallest absolute Gasteiger partial charge is 0.260 e. The molecule has 216 valence electrons. The maximum absolute atomic E-state index is 13.7. The zero-order chi connectivity index (χ0) is 27.9. The lowest BCUT2D eigenvalue weighted by molar-refractivity contribution is 0.0985. The zero-order valence-electron chi connectivity index (χ0n) is 22.5. The largest absolute Gasteiger partial charge is 0.494 e. The van der Waals surface area contributed by atoms with Crippen LogP contribution in [0.1, 0.15) is 10.4 Å². The highest BCUT2D eigenvalue weighted by atomic mass is 35.5. The first-order valence-electron chi connectivity index (χ1n) is 11.8. The molecule has 0 spiro atoms. The lowest BCUT2D eigenvalue weighted by Crippen LogP contribution is -2.37. The summed E-state index contributed by atoms with van der Waals surface area (Å²) in [6.07, 6.45) is 0. The molecule has 0 bridgehead atoms. The molecule has 2 aromatic carbocycles. The highest BCUT2D eigenvalue weighted by Crippen LogP contribution is 2.39. The highest BCUT2D eigenvalue weighted by Gasteiger charge is 2.26. The summed E-state index contributed by atoms with van der Waals surface area (Å²) in [6.45, 7) is 1.82. The Balaban J connectivity index is 0.00000533. The Morgan fingerprint density at radius 3 is 2.10 bits per heavy atom. The average molecular weight is 622 g/mol. The van der Waals surface area contributed by atoms with Crippen molar-refractivity contribution in [1.82, 2.24) is 14.2 Å². The van der Waals surface area contributed by atoms with E-state index in [-0.39, 0.29) is 49.5 Å². The second-order valence-electron chi connectivity index (χ2n) is 8.60. The zero-order valence-corrected chi connectivity index (χ0v) is 25.8. The molecule has 0 aliphatic rings. The molecular formula is C25H34Cl2N4O6S2. The molecule has 3 rings (SSSR count). The van der Waals surface area contributed by atoms with Crippen LogP contribution in [0.25, 0.3) is 10.2 Å². The van der Waals surface area contributed by atoms with Gasteiger partial charge in [-0.1, -0.05) is 22.9 Å². The number of halogens is 2. The number of benzene rings is 2. The Labute approximate surface area is 244 Å². The van der Waals surface area contributed by atoms with Crippen LogP contribution >= 0.6 is 35.3 Å². The first-order chi connectivity index (χ1) is 18.1. The van der Waals surface area contributed by atoms with Crippen LogP contribution < -0.4 is 9.64 Å². The SMILES string of the molecule is COCCN(CCOC)S(=O)(=O)c1ccc(C(=O)N(CCN(C)C)c2nc3c(OC)ccc(Cl)c3s2)cc1.Cl. The Kier molecular flexibility index (Phi) is 12.8. The fourth-order valence-corrected chi connectivity index (χ4v) is 6.31. The normalized spacial score (nSPS) is 11.7. The Morgan fingerprint density at radius 2 is 1.56 bits per heavy atom.